The molecule has 1 heterocycles. The number of aryl methyl sites for hydroxylation is 2. The van der Waals surface area contributed by atoms with Crippen molar-refractivity contribution in [3.8, 4) is 0 Å². The van der Waals surface area contributed by atoms with E-state index in [2.05, 4.69) is 64.8 Å². The number of nitrogens with one attached hydrogen (secondary N) is 2. The van der Waals surface area contributed by atoms with Gasteiger partial charge in [-0.3, -0.25) is 0 Å². The standard InChI is InChI=1S/C19H28N4/c1-15(2)11-13-21-19-22-16(3)14-18(23-19)20-12-7-10-17-8-5-4-6-9-17/h4-6,8-9,14-15H,7,10-13H2,1-3H3,(H2,20,21,22,23). The van der Waals surface area contributed by atoms with E-state index >= 15 is 0 Å². The lowest BCUT2D eigenvalue weighted by Crippen LogP contribution is -2.11. The maximum absolute atomic E-state index is 4.54. The average Bonchev–Trinajstić information content (AvgIpc) is 2.52. The van der Waals surface area contributed by atoms with Crippen LogP contribution >= 0.6 is 0 Å². The molecule has 0 fully saturated rings. The second-order valence-corrected chi connectivity index (χ2v) is 6.34. The molecular formula is C19H28N4. The van der Waals surface area contributed by atoms with Crippen molar-refractivity contribution in [3.63, 3.8) is 0 Å². The van der Waals surface area contributed by atoms with Gasteiger partial charge in [0, 0.05) is 24.8 Å². The first-order valence-electron chi connectivity index (χ1n) is 8.51. The first-order valence-corrected chi connectivity index (χ1v) is 8.51. The zero-order valence-corrected chi connectivity index (χ0v) is 14.5. The molecule has 0 radical (unpaired) electrons. The molecule has 0 bridgehead atoms. The molecule has 0 unspecified atom stereocenters. The van der Waals surface area contributed by atoms with E-state index in [1.807, 2.05) is 13.0 Å². The fourth-order valence-corrected chi connectivity index (χ4v) is 2.36. The van der Waals surface area contributed by atoms with Crippen LogP contribution in [0.4, 0.5) is 11.8 Å². The third-order valence-electron chi connectivity index (χ3n) is 3.65. The van der Waals surface area contributed by atoms with Crippen LogP contribution in [0, 0.1) is 12.8 Å². The molecule has 124 valence electrons. The van der Waals surface area contributed by atoms with Crippen LogP contribution in [0.5, 0.6) is 0 Å². The minimum absolute atomic E-state index is 0.683. The highest BCUT2D eigenvalue weighted by molar-refractivity contribution is 5.42. The molecule has 4 heteroatoms. The molecule has 0 atom stereocenters. The molecule has 0 amide bonds. The SMILES string of the molecule is Cc1cc(NCCCc2ccccc2)nc(NCCC(C)C)n1. The second kappa shape index (κ2) is 9.13. The maximum atomic E-state index is 4.54. The minimum atomic E-state index is 0.683. The number of rotatable bonds is 9. The molecule has 23 heavy (non-hydrogen) atoms. The van der Waals surface area contributed by atoms with Crippen molar-refractivity contribution in [2.75, 3.05) is 23.7 Å². The highest BCUT2D eigenvalue weighted by Gasteiger charge is 2.02. The van der Waals surface area contributed by atoms with Crippen molar-refractivity contribution >= 4 is 11.8 Å². The van der Waals surface area contributed by atoms with Crippen molar-refractivity contribution in [1.29, 1.82) is 0 Å². The molecule has 0 saturated carbocycles. The lowest BCUT2D eigenvalue weighted by molar-refractivity contribution is 0.606. The van der Waals surface area contributed by atoms with Crippen LogP contribution in [0.25, 0.3) is 0 Å². The van der Waals surface area contributed by atoms with Gasteiger partial charge in [0.25, 0.3) is 0 Å². The van der Waals surface area contributed by atoms with Crippen LogP contribution in [0.3, 0.4) is 0 Å². The predicted molar refractivity (Wildman–Crippen MR) is 98.0 cm³/mol. The Morgan fingerprint density at radius 2 is 1.78 bits per heavy atom. The van der Waals surface area contributed by atoms with Crippen LogP contribution < -0.4 is 10.6 Å². The summed E-state index contributed by atoms with van der Waals surface area (Å²) in [6.07, 6.45) is 3.29. The minimum Gasteiger partial charge on any atom is -0.370 e. The predicted octanol–water partition coefficient (Wildman–Crippen LogP) is 4.29. The van der Waals surface area contributed by atoms with E-state index in [-0.39, 0.29) is 0 Å². The van der Waals surface area contributed by atoms with Gasteiger partial charge in [-0.1, -0.05) is 44.2 Å². The van der Waals surface area contributed by atoms with Gasteiger partial charge in [0.05, 0.1) is 0 Å². The topological polar surface area (TPSA) is 49.8 Å². The van der Waals surface area contributed by atoms with Gasteiger partial charge < -0.3 is 10.6 Å². The van der Waals surface area contributed by atoms with E-state index in [1.54, 1.807) is 0 Å². The van der Waals surface area contributed by atoms with E-state index < -0.39 is 0 Å². The number of nitrogens with zero attached hydrogens (tertiary/aromatic N) is 2. The summed E-state index contributed by atoms with van der Waals surface area (Å²) in [5.41, 5.74) is 2.36. The average molecular weight is 312 g/mol. The van der Waals surface area contributed by atoms with Gasteiger partial charge in [0.15, 0.2) is 0 Å². The fourth-order valence-electron chi connectivity index (χ4n) is 2.36. The van der Waals surface area contributed by atoms with E-state index in [1.165, 1.54) is 5.56 Å². The molecule has 0 aliphatic rings. The van der Waals surface area contributed by atoms with E-state index in [0.29, 0.717) is 5.92 Å². The van der Waals surface area contributed by atoms with E-state index in [9.17, 15) is 0 Å². The Bertz CT molecular complexity index is 581. The highest BCUT2D eigenvalue weighted by atomic mass is 15.1. The highest BCUT2D eigenvalue weighted by Crippen LogP contribution is 2.11. The summed E-state index contributed by atoms with van der Waals surface area (Å²) in [4.78, 5) is 8.99. The van der Waals surface area contributed by atoms with Crippen LogP contribution in [-0.2, 0) is 6.42 Å². The molecule has 0 spiro atoms. The summed E-state index contributed by atoms with van der Waals surface area (Å²) in [6.45, 7) is 8.27. The van der Waals surface area contributed by atoms with Crippen molar-refractivity contribution in [1.82, 2.24) is 9.97 Å². The molecular weight excluding hydrogens is 284 g/mol. The molecule has 1 aromatic carbocycles. The largest absolute Gasteiger partial charge is 0.370 e. The maximum Gasteiger partial charge on any atom is 0.224 e. The molecule has 0 saturated heterocycles. The third kappa shape index (κ3) is 6.68. The second-order valence-electron chi connectivity index (χ2n) is 6.34. The van der Waals surface area contributed by atoms with E-state index in [0.717, 1.165) is 49.8 Å². The van der Waals surface area contributed by atoms with Gasteiger partial charge in [-0.25, -0.2) is 4.98 Å². The molecule has 2 rings (SSSR count). The Balaban J connectivity index is 1.79. The number of hydrogen-bond donors (Lipinski definition) is 2. The zero-order chi connectivity index (χ0) is 16.5. The Labute approximate surface area is 139 Å². The summed E-state index contributed by atoms with van der Waals surface area (Å²) in [7, 11) is 0. The first-order chi connectivity index (χ1) is 11.1. The Morgan fingerprint density at radius 1 is 1.00 bits per heavy atom. The number of benzene rings is 1. The third-order valence-corrected chi connectivity index (χ3v) is 3.65. The Kier molecular flexibility index (Phi) is 6.85. The molecule has 2 aromatic rings. The van der Waals surface area contributed by atoms with Gasteiger partial charge >= 0.3 is 0 Å². The quantitative estimate of drug-likeness (QED) is 0.678. The normalized spacial score (nSPS) is 10.8. The molecule has 4 nitrogen and oxygen atoms in total. The van der Waals surface area contributed by atoms with Crippen molar-refractivity contribution in [3.05, 3.63) is 47.7 Å². The van der Waals surface area contributed by atoms with Crippen LogP contribution in [0.15, 0.2) is 36.4 Å². The van der Waals surface area contributed by atoms with Gasteiger partial charge in [-0.05, 0) is 37.7 Å². The first kappa shape index (κ1) is 17.3. The smallest absolute Gasteiger partial charge is 0.224 e. The van der Waals surface area contributed by atoms with E-state index in [4.69, 9.17) is 0 Å². The van der Waals surface area contributed by atoms with Gasteiger partial charge in [-0.2, -0.15) is 4.98 Å². The molecule has 1 aromatic heterocycles. The molecule has 0 aliphatic carbocycles. The molecule has 2 N–H and O–H groups in total. The summed E-state index contributed by atoms with van der Waals surface area (Å²) in [5.74, 6) is 2.30. The Hall–Kier alpha value is -2.10. The summed E-state index contributed by atoms with van der Waals surface area (Å²) >= 11 is 0. The van der Waals surface area contributed by atoms with Crippen molar-refractivity contribution in [2.24, 2.45) is 5.92 Å². The fraction of sp³-hybridized carbons (Fsp3) is 0.474. The Morgan fingerprint density at radius 3 is 2.52 bits per heavy atom. The van der Waals surface area contributed by atoms with Crippen molar-refractivity contribution in [2.45, 2.75) is 40.0 Å². The summed E-state index contributed by atoms with van der Waals surface area (Å²) < 4.78 is 0. The summed E-state index contributed by atoms with van der Waals surface area (Å²) in [6, 6.07) is 12.6. The number of hydrogen-bond acceptors (Lipinski definition) is 4. The van der Waals surface area contributed by atoms with Gasteiger partial charge in [0.2, 0.25) is 5.95 Å². The zero-order valence-electron chi connectivity index (χ0n) is 14.5. The van der Waals surface area contributed by atoms with Crippen molar-refractivity contribution < 1.29 is 0 Å². The molecule has 0 aliphatic heterocycles. The monoisotopic (exact) mass is 312 g/mol. The van der Waals surface area contributed by atoms with Crippen LogP contribution in [0.1, 0.15) is 37.9 Å². The lowest BCUT2D eigenvalue weighted by atomic mass is 10.1. The van der Waals surface area contributed by atoms with Gasteiger partial charge in [-0.15, -0.1) is 0 Å². The lowest BCUT2D eigenvalue weighted by Gasteiger charge is -2.11. The van der Waals surface area contributed by atoms with Crippen LogP contribution in [-0.4, -0.2) is 23.1 Å². The number of aromatic nitrogens is 2. The summed E-state index contributed by atoms with van der Waals surface area (Å²) in [5, 5.41) is 6.72. The number of anilines is 2. The van der Waals surface area contributed by atoms with Crippen LogP contribution in [0.2, 0.25) is 0 Å². The van der Waals surface area contributed by atoms with Gasteiger partial charge in [0.1, 0.15) is 5.82 Å².